The summed E-state index contributed by atoms with van der Waals surface area (Å²) in [4.78, 5) is 39.7. The molecule has 0 saturated carbocycles. The molecule has 3 aromatic carbocycles. The molecule has 0 spiro atoms. The van der Waals surface area contributed by atoms with Gasteiger partial charge in [0.05, 0.1) is 12.6 Å². The maximum atomic E-state index is 13.4. The summed E-state index contributed by atoms with van der Waals surface area (Å²) in [6.07, 6.45) is 4.46. The molecule has 3 N–H and O–H groups in total. The van der Waals surface area contributed by atoms with E-state index in [4.69, 9.17) is 0 Å². The molecule has 50 heavy (non-hydrogen) atoms. The highest BCUT2D eigenvalue weighted by atomic mass is 16.3. The van der Waals surface area contributed by atoms with E-state index in [-0.39, 0.29) is 24.4 Å². The van der Waals surface area contributed by atoms with Crippen molar-refractivity contribution >= 4 is 34.2 Å². The fourth-order valence-electron chi connectivity index (χ4n) is 5.93. The van der Waals surface area contributed by atoms with Crippen molar-refractivity contribution in [2.45, 2.75) is 66.2 Å². The van der Waals surface area contributed by atoms with Crippen molar-refractivity contribution in [2.24, 2.45) is 0 Å². The van der Waals surface area contributed by atoms with Gasteiger partial charge in [-0.05, 0) is 91.3 Å². The summed E-state index contributed by atoms with van der Waals surface area (Å²) in [5.74, 6) is -0.549. The molecule has 1 heterocycles. The number of nitrogens with one attached hydrogen (secondary N) is 2. The number of benzene rings is 3. The first kappa shape index (κ1) is 37.6. The van der Waals surface area contributed by atoms with Crippen molar-refractivity contribution in [3.63, 3.8) is 0 Å². The lowest BCUT2D eigenvalue weighted by Crippen LogP contribution is -2.42. The average Bonchev–Trinajstić information content (AvgIpc) is 3.35. The third-order valence-corrected chi connectivity index (χ3v) is 9.25. The van der Waals surface area contributed by atoms with Crippen molar-refractivity contribution in [3.05, 3.63) is 136 Å². The fourth-order valence-corrected chi connectivity index (χ4v) is 5.93. The molecular formula is C42H50N4O4. The number of carbonyl (C=O) groups excluding carboxylic acids is 3. The van der Waals surface area contributed by atoms with E-state index in [1.807, 2.05) is 68.5 Å². The second-order valence-corrected chi connectivity index (χ2v) is 13.3. The van der Waals surface area contributed by atoms with Crippen molar-refractivity contribution in [2.75, 3.05) is 20.6 Å². The SMILES string of the molecule is C=CC(=CC=C(C)c1ccccc1C(=O)NCC(O)C(=O)N(C)C)Cn1c(C)c(C)c2cc(C(=O)NC(C)c3cccc(C(C)C)c3)ccc21. The number of aromatic nitrogens is 1. The number of nitrogens with zero attached hydrogens (tertiary/aromatic N) is 2. The van der Waals surface area contributed by atoms with Gasteiger partial charge in [-0.15, -0.1) is 0 Å². The van der Waals surface area contributed by atoms with Gasteiger partial charge in [0.2, 0.25) is 0 Å². The molecule has 0 aliphatic rings. The number of aryl methyl sites for hydroxylation is 1. The molecule has 0 fully saturated rings. The monoisotopic (exact) mass is 674 g/mol. The summed E-state index contributed by atoms with van der Waals surface area (Å²) in [5.41, 5.74) is 9.20. The standard InChI is InChI=1S/C42H50N4O4/c1-10-31(19-18-27(4)35-16-11-12-17-36(35)41(49)43-24-39(47)42(50)45(8)9)25-46-30(7)28(5)37-23-34(20-21-38(37)46)40(48)44-29(6)33-15-13-14-32(22-33)26(2)3/h10-23,26,29,39,47H,1,24-25H2,2-9H3,(H,43,49)(H,44,48). The lowest BCUT2D eigenvalue weighted by molar-refractivity contribution is -0.137. The Morgan fingerprint density at radius 2 is 1.58 bits per heavy atom. The van der Waals surface area contributed by atoms with Gasteiger partial charge in [-0.2, -0.15) is 0 Å². The zero-order valence-corrected chi connectivity index (χ0v) is 30.5. The lowest BCUT2D eigenvalue weighted by atomic mass is 9.98. The van der Waals surface area contributed by atoms with Gasteiger partial charge in [-0.1, -0.05) is 81.1 Å². The van der Waals surface area contributed by atoms with E-state index in [0.717, 1.165) is 44.4 Å². The number of carbonyl (C=O) groups is 3. The van der Waals surface area contributed by atoms with Crippen LogP contribution in [-0.4, -0.2) is 59.0 Å². The number of allylic oxidation sites excluding steroid dienone is 5. The number of likely N-dealkylation sites (N-methyl/N-ethyl adjacent to an activating group) is 1. The van der Waals surface area contributed by atoms with Crippen LogP contribution in [0.3, 0.4) is 0 Å². The van der Waals surface area contributed by atoms with E-state index in [0.29, 0.717) is 23.6 Å². The van der Waals surface area contributed by atoms with Gasteiger partial charge < -0.3 is 25.2 Å². The minimum atomic E-state index is -1.32. The number of rotatable bonds is 13. The summed E-state index contributed by atoms with van der Waals surface area (Å²) in [6.45, 7) is 16.9. The van der Waals surface area contributed by atoms with Crippen LogP contribution in [0.25, 0.3) is 16.5 Å². The molecule has 8 heteroatoms. The Labute approximate surface area is 296 Å². The summed E-state index contributed by atoms with van der Waals surface area (Å²) in [7, 11) is 3.10. The summed E-state index contributed by atoms with van der Waals surface area (Å²) >= 11 is 0. The number of hydrogen-bond acceptors (Lipinski definition) is 4. The highest BCUT2D eigenvalue weighted by Crippen LogP contribution is 2.28. The molecule has 4 rings (SSSR count). The molecule has 0 radical (unpaired) electrons. The van der Waals surface area contributed by atoms with Crippen LogP contribution in [-0.2, 0) is 11.3 Å². The van der Waals surface area contributed by atoms with Crippen LogP contribution in [0.4, 0.5) is 0 Å². The zero-order valence-electron chi connectivity index (χ0n) is 30.5. The molecule has 0 aliphatic heterocycles. The molecule has 1 aromatic heterocycles. The zero-order chi connectivity index (χ0) is 36.7. The fraction of sp³-hybridized carbons (Fsp3) is 0.310. The largest absolute Gasteiger partial charge is 0.381 e. The second kappa shape index (κ2) is 16.5. The van der Waals surface area contributed by atoms with Crippen molar-refractivity contribution in [1.82, 2.24) is 20.1 Å². The normalized spacial score (nSPS) is 13.2. The van der Waals surface area contributed by atoms with Gasteiger partial charge in [-0.3, -0.25) is 14.4 Å². The highest BCUT2D eigenvalue weighted by molar-refractivity contribution is 6.00. The predicted octanol–water partition coefficient (Wildman–Crippen LogP) is 7.27. The van der Waals surface area contributed by atoms with Gasteiger partial charge in [0.1, 0.15) is 6.10 Å². The van der Waals surface area contributed by atoms with Gasteiger partial charge in [0, 0.05) is 48.4 Å². The van der Waals surface area contributed by atoms with Crippen LogP contribution in [0.2, 0.25) is 0 Å². The van der Waals surface area contributed by atoms with E-state index < -0.39 is 12.0 Å². The van der Waals surface area contributed by atoms with Crippen LogP contribution >= 0.6 is 0 Å². The minimum absolute atomic E-state index is 0.112. The van der Waals surface area contributed by atoms with Gasteiger partial charge in [0.15, 0.2) is 0 Å². The molecule has 2 atom stereocenters. The predicted molar refractivity (Wildman–Crippen MR) is 203 cm³/mol. The van der Waals surface area contributed by atoms with Crippen molar-refractivity contribution < 1.29 is 19.5 Å². The first-order valence-electron chi connectivity index (χ1n) is 17.0. The Morgan fingerprint density at radius 1 is 0.900 bits per heavy atom. The Hall–Kier alpha value is -5.21. The summed E-state index contributed by atoms with van der Waals surface area (Å²) < 4.78 is 2.23. The van der Waals surface area contributed by atoms with Crippen molar-refractivity contribution in [3.8, 4) is 0 Å². The number of aliphatic hydroxyl groups is 1. The van der Waals surface area contributed by atoms with Crippen LogP contribution < -0.4 is 10.6 Å². The minimum Gasteiger partial charge on any atom is -0.381 e. The highest BCUT2D eigenvalue weighted by Gasteiger charge is 2.20. The molecule has 3 amide bonds. The third kappa shape index (κ3) is 8.68. The van der Waals surface area contributed by atoms with Gasteiger partial charge in [0.25, 0.3) is 17.7 Å². The topological polar surface area (TPSA) is 104 Å². The van der Waals surface area contributed by atoms with E-state index in [2.05, 4.69) is 67.7 Å². The second-order valence-electron chi connectivity index (χ2n) is 13.3. The summed E-state index contributed by atoms with van der Waals surface area (Å²) in [5, 5.41) is 17.0. The Morgan fingerprint density at radius 3 is 2.24 bits per heavy atom. The first-order valence-corrected chi connectivity index (χ1v) is 17.0. The van der Waals surface area contributed by atoms with Crippen molar-refractivity contribution in [1.29, 1.82) is 0 Å². The number of fused-ring (bicyclic) bond motifs is 1. The quantitative estimate of drug-likeness (QED) is 0.130. The van der Waals surface area contributed by atoms with Crippen LogP contribution in [0, 0.1) is 13.8 Å². The number of hydrogen-bond donors (Lipinski definition) is 3. The molecule has 8 nitrogen and oxygen atoms in total. The number of amides is 3. The van der Waals surface area contributed by atoms with E-state index in [9.17, 15) is 19.5 Å². The van der Waals surface area contributed by atoms with Crippen LogP contribution in [0.1, 0.15) is 88.3 Å². The van der Waals surface area contributed by atoms with E-state index >= 15 is 0 Å². The number of aliphatic hydroxyl groups excluding tert-OH is 1. The average molecular weight is 675 g/mol. The first-order chi connectivity index (χ1) is 23.7. The molecule has 0 saturated heterocycles. The van der Waals surface area contributed by atoms with Crippen LogP contribution in [0.15, 0.2) is 97.1 Å². The summed E-state index contributed by atoms with van der Waals surface area (Å²) in [6, 6.07) is 21.3. The molecule has 0 bridgehead atoms. The molecule has 4 aromatic rings. The third-order valence-electron chi connectivity index (χ3n) is 9.25. The van der Waals surface area contributed by atoms with Gasteiger partial charge in [-0.25, -0.2) is 0 Å². The molecule has 2 unspecified atom stereocenters. The molecule has 262 valence electrons. The van der Waals surface area contributed by atoms with E-state index in [1.165, 1.54) is 10.5 Å². The lowest BCUT2D eigenvalue weighted by Gasteiger charge is -2.17. The Bertz CT molecular complexity index is 1960. The Balaban J connectivity index is 1.53. The van der Waals surface area contributed by atoms with Gasteiger partial charge >= 0.3 is 0 Å². The molecule has 0 aliphatic carbocycles. The van der Waals surface area contributed by atoms with Crippen LogP contribution in [0.5, 0.6) is 0 Å². The smallest absolute Gasteiger partial charge is 0.252 e. The Kier molecular flexibility index (Phi) is 12.4. The molecular weight excluding hydrogens is 624 g/mol. The van der Waals surface area contributed by atoms with E-state index in [1.54, 1.807) is 26.2 Å². The maximum Gasteiger partial charge on any atom is 0.252 e. The maximum absolute atomic E-state index is 13.4.